The monoisotopic (exact) mass is 357 g/mol. The molecule has 0 spiro atoms. The maximum Gasteiger partial charge on any atom is 0.319 e. The number of carbonyl (C=O) groups is 1. The Hall–Kier alpha value is -2.02. The van der Waals surface area contributed by atoms with Crippen LogP contribution in [0.25, 0.3) is 0 Å². The molecular formula is C22H35N3O. The number of benzene rings is 1. The molecule has 0 bridgehead atoms. The summed E-state index contributed by atoms with van der Waals surface area (Å²) in [5, 5.41) is 14.4. The van der Waals surface area contributed by atoms with E-state index in [0.29, 0.717) is 17.8 Å². The first-order valence-electron chi connectivity index (χ1n) is 10.3. The Kier molecular flexibility index (Phi) is 12.9. The molecule has 0 atom stereocenters. The van der Waals surface area contributed by atoms with E-state index in [1.807, 2.05) is 0 Å². The molecule has 1 rings (SSSR count). The van der Waals surface area contributed by atoms with Crippen LogP contribution in [0.1, 0.15) is 89.5 Å². The maximum atomic E-state index is 11.8. The number of rotatable bonds is 14. The number of nitrogens with one attached hydrogen (secondary N) is 2. The fourth-order valence-electron chi connectivity index (χ4n) is 2.97. The lowest BCUT2D eigenvalue weighted by atomic mass is 10.1. The van der Waals surface area contributed by atoms with Gasteiger partial charge in [0.15, 0.2) is 0 Å². The second-order valence-electron chi connectivity index (χ2n) is 6.96. The summed E-state index contributed by atoms with van der Waals surface area (Å²) >= 11 is 0. The van der Waals surface area contributed by atoms with Crippen molar-refractivity contribution in [1.82, 2.24) is 5.32 Å². The lowest BCUT2D eigenvalue weighted by Crippen LogP contribution is -2.29. The van der Waals surface area contributed by atoms with Gasteiger partial charge in [-0.1, -0.05) is 77.6 Å². The molecule has 2 N–H and O–H groups in total. The summed E-state index contributed by atoms with van der Waals surface area (Å²) in [7, 11) is 0. The van der Waals surface area contributed by atoms with E-state index in [9.17, 15) is 4.79 Å². The van der Waals surface area contributed by atoms with Crippen molar-refractivity contribution in [3.8, 4) is 6.07 Å². The third kappa shape index (κ3) is 11.5. The zero-order chi connectivity index (χ0) is 18.9. The van der Waals surface area contributed by atoms with Crippen LogP contribution < -0.4 is 10.6 Å². The van der Waals surface area contributed by atoms with Crippen LogP contribution in [0.5, 0.6) is 0 Å². The number of urea groups is 1. The average molecular weight is 358 g/mol. The van der Waals surface area contributed by atoms with Crippen LogP contribution in [-0.4, -0.2) is 12.6 Å². The van der Waals surface area contributed by atoms with E-state index in [0.717, 1.165) is 6.42 Å². The third-order valence-electron chi connectivity index (χ3n) is 4.59. The first-order valence-corrected chi connectivity index (χ1v) is 10.3. The number of unbranched alkanes of at least 4 members (excludes halogenated alkanes) is 11. The van der Waals surface area contributed by atoms with Gasteiger partial charge in [-0.05, 0) is 30.7 Å². The quantitative estimate of drug-likeness (QED) is 0.379. The van der Waals surface area contributed by atoms with Crippen LogP contribution in [0.15, 0.2) is 24.3 Å². The van der Waals surface area contributed by atoms with Crippen molar-refractivity contribution in [3.05, 3.63) is 29.8 Å². The number of amides is 2. The molecule has 0 aliphatic carbocycles. The van der Waals surface area contributed by atoms with E-state index in [1.165, 1.54) is 70.6 Å². The predicted octanol–water partition coefficient (Wildman–Crippen LogP) is 6.38. The topological polar surface area (TPSA) is 64.9 Å². The molecule has 0 heterocycles. The molecule has 0 fully saturated rings. The zero-order valence-electron chi connectivity index (χ0n) is 16.4. The van der Waals surface area contributed by atoms with Gasteiger partial charge in [-0.25, -0.2) is 4.79 Å². The summed E-state index contributed by atoms with van der Waals surface area (Å²) < 4.78 is 0. The van der Waals surface area contributed by atoms with Gasteiger partial charge in [0.2, 0.25) is 0 Å². The van der Waals surface area contributed by atoms with Gasteiger partial charge in [0.25, 0.3) is 0 Å². The molecule has 0 saturated carbocycles. The number of hydrogen-bond donors (Lipinski definition) is 2. The number of nitrogens with zero attached hydrogens (tertiary/aromatic N) is 1. The number of nitriles is 1. The standard InChI is InChI=1S/C22H35N3O/c1-2-3-4-5-6-7-8-9-10-11-12-13-18-24-22(26)25-21-16-14-20(19-23)15-17-21/h14-17H,2-13,18H2,1H3,(H2,24,25,26). The minimum Gasteiger partial charge on any atom is -0.338 e. The van der Waals surface area contributed by atoms with Gasteiger partial charge in [0.1, 0.15) is 0 Å². The average Bonchev–Trinajstić information content (AvgIpc) is 2.66. The molecule has 0 radical (unpaired) electrons. The first-order chi connectivity index (χ1) is 12.8. The van der Waals surface area contributed by atoms with Gasteiger partial charge in [0, 0.05) is 12.2 Å². The molecular weight excluding hydrogens is 322 g/mol. The lowest BCUT2D eigenvalue weighted by Gasteiger charge is -2.07. The Labute approximate surface area is 159 Å². The van der Waals surface area contributed by atoms with Gasteiger partial charge in [-0.15, -0.1) is 0 Å². The van der Waals surface area contributed by atoms with Crippen molar-refractivity contribution in [2.75, 3.05) is 11.9 Å². The number of hydrogen-bond acceptors (Lipinski definition) is 2. The van der Waals surface area contributed by atoms with Crippen molar-refractivity contribution in [3.63, 3.8) is 0 Å². The van der Waals surface area contributed by atoms with Crippen LogP contribution >= 0.6 is 0 Å². The summed E-state index contributed by atoms with van der Waals surface area (Å²) in [6.45, 7) is 2.97. The molecule has 4 nitrogen and oxygen atoms in total. The summed E-state index contributed by atoms with van der Waals surface area (Å²) in [5.41, 5.74) is 1.30. The maximum absolute atomic E-state index is 11.8. The molecule has 0 aromatic heterocycles. The van der Waals surface area contributed by atoms with E-state index in [2.05, 4.69) is 23.6 Å². The zero-order valence-corrected chi connectivity index (χ0v) is 16.4. The minimum atomic E-state index is -0.183. The SMILES string of the molecule is CCCCCCCCCCCCCCNC(=O)Nc1ccc(C#N)cc1. The highest BCUT2D eigenvalue weighted by Gasteiger charge is 2.01. The highest BCUT2D eigenvalue weighted by atomic mass is 16.2. The first kappa shape index (κ1) is 22.0. The Morgan fingerprint density at radius 2 is 1.35 bits per heavy atom. The van der Waals surface area contributed by atoms with E-state index in [4.69, 9.17) is 5.26 Å². The van der Waals surface area contributed by atoms with Gasteiger partial charge in [0.05, 0.1) is 11.6 Å². The van der Waals surface area contributed by atoms with Crippen LogP contribution in [0.4, 0.5) is 10.5 Å². The van der Waals surface area contributed by atoms with Crippen LogP contribution in [-0.2, 0) is 0 Å². The Morgan fingerprint density at radius 1 is 0.846 bits per heavy atom. The van der Waals surface area contributed by atoms with Crippen LogP contribution in [0.2, 0.25) is 0 Å². The normalized spacial score (nSPS) is 10.3. The Balaban J connectivity index is 1.89. The fraction of sp³-hybridized carbons (Fsp3) is 0.636. The van der Waals surface area contributed by atoms with Crippen LogP contribution in [0, 0.1) is 11.3 Å². The molecule has 0 unspecified atom stereocenters. The van der Waals surface area contributed by atoms with Crippen molar-refractivity contribution in [2.24, 2.45) is 0 Å². The Bertz CT molecular complexity index is 519. The molecule has 4 heteroatoms. The van der Waals surface area contributed by atoms with E-state index in [1.54, 1.807) is 24.3 Å². The fourth-order valence-corrected chi connectivity index (χ4v) is 2.97. The second-order valence-corrected chi connectivity index (χ2v) is 6.96. The number of carbonyl (C=O) groups excluding carboxylic acids is 1. The smallest absolute Gasteiger partial charge is 0.319 e. The van der Waals surface area contributed by atoms with Crippen molar-refractivity contribution >= 4 is 11.7 Å². The minimum absolute atomic E-state index is 0.183. The molecule has 2 amide bonds. The van der Waals surface area contributed by atoms with E-state index >= 15 is 0 Å². The summed E-state index contributed by atoms with van der Waals surface area (Å²) in [4.78, 5) is 11.8. The van der Waals surface area contributed by atoms with Gasteiger partial charge < -0.3 is 10.6 Å². The predicted molar refractivity (Wildman–Crippen MR) is 109 cm³/mol. The molecule has 0 aliphatic rings. The largest absolute Gasteiger partial charge is 0.338 e. The highest BCUT2D eigenvalue weighted by molar-refractivity contribution is 5.89. The third-order valence-corrected chi connectivity index (χ3v) is 4.59. The molecule has 144 valence electrons. The van der Waals surface area contributed by atoms with Crippen molar-refractivity contribution in [1.29, 1.82) is 5.26 Å². The van der Waals surface area contributed by atoms with Crippen molar-refractivity contribution < 1.29 is 4.79 Å². The number of anilines is 1. The molecule has 26 heavy (non-hydrogen) atoms. The van der Waals surface area contributed by atoms with Gasteiger partial charge in [-0.3, -0.25) is 0 Å². The molecule has 0 aliphatic heterocycles. The highest BCUT2D eigenvalue weighted by Crippen LogP contribution is 2.12. The van der Waals surface area contributed by atoms with Crippen molar-refractivity contribution in [2.45, 2.75) is 84.0 Å². The summed E-state index contributed by atoms with van der Waals surface area (Å²) in [5.74, 6) is 0. The van der Waals surface area contributed by atoms with Gasteiger partial charge in [-0.2, -0.15) is 5.26 Å². The molecule has 0 saturated heterocycles. The molecule has 1 aromatic carbocycles. The van der Waals surface area contributed by atoms with E-state index < -0.39 is 0 Å². The molecule has 1 aromatic rings. The Morgan fingerprint density at radius 3 is 1.85 bits per heavy atom. The van der Waals surface area contributed by atoms with E-state index in [-0.39, 0.29) is 6.03 Å². The summed E-state index contributed by atoms with van der Waals surface area (Å²) in [6.07, 6.45) is 15.8. The van der Waals surface area contributed by atoms with Gasteiger partial charge >= 0.3 is 6.03 Å². The lowest BCUT2D eigenvalue weighted by molar-refractivity contribution is 0.252. The summed E-state index contributed by atoms with van der Waals surface area (Å²) in [6, 6.07) is 8.74. The second kappa shape index (κ2) is 15.3. The van der Waals surface area contributed by atoms with Crippen LogP contribution in [0.3, 0.4) is 0 Å².